The molecule has 6 nitrogen and oxygen atoms in total. The molecule has 0 bridgehead atoms. The summed E-state index contributed by atoms with van der Waals surface area (Å²) in [7, 11) is 0. The van der Waals surface area contributed by atoms with Crippen molar-refractivity contribution in [3.8, 4) is 0 Å². The first kappa shape index (κ1) is 20.7. The van der Waals surface area contributed by atoms with Gasteiger partial charge in [-0.2, -0.15) is 5.10 Å². The van der Waals surface area contributed by atoms with Crippen LogP contribution in [0.15, 0.2) is 0 Å². The number of urea groups is 1. The summed E-state index contributed by atoms with van der Waals surface area (Å²) in [6, 6.07) is 0.119. The molecule has 0 saturated carbocycles. The van der Waals surface area contributed by atoms with Crippen molar-refractivity contribution in [3.05, 3.63) is 11.4 Å². The second-order valence-electron chi connectivity index (χ2n) is 8.57. The molecule has 1 aliphatic heterocycles. The number of likely N-dealkylation sites (tertiary alicyclic amines) is 1. The summed E-state index contributed by atoms with van der Waals surface area (Å²) in [6.45, 7) is 17.7. The number of hydrogen-bond donors (Lipinski definition) is 2. The van der Waals surface area contributed by atoms with E-state index in [0.717, 1.165) is 36.1 Å². The summed E-state index contributed by atoms with van der Waals surface area (Å²) in [5.41, 5.74) is 2.62. The van der Waals surface area contributed by atoms with Gasteiger partial charge in [0.15, 0.2) is 0 Å². The smallest absolute Gasteiger partial charge is 0.319 e. The molecule has 26 heavy (non-hydrogen) atoms. The van der Waals surface area contributed by atoms with E-state index in [1.54, 1.807) is 0 Å². The van der Waals surface area contributed by atoms with Gasteiger partial charge in [0, 0.05) is 24.7 Å². The third-order valence-electron chi connectivity index (χ3n) is 5.69. The number of rotatable bonds is 6. The fourth-order valence-corrected chi connectivity index (χ4v) is 3.86. The molecular formula is C20H37N5O. The van der Waals surface area contributed by atoms with Crippen LogP contribution in [-0.4, -0.2) is 45.9 Å². The summed E-state index contributed by atoms with van der Waals surface area (Å²) in [5, 5.41) is 10.6. The molecule has 0 radical (unpaired) electrons. The number of nitrogens with zero attached hydrogens (tertiary/aromatic N) is 3. The van der Waals surface area contributed by atoms with E-state index >= 15 is 0 Å². The van der Waals surface area contributed by atoms with E-state index in [1.807, 2.05) is 18.5 Å². The number of anilines is 1. The van der Waals surface area contributed by atoms with Crippen molar-refractivity contribution in [1.29, 1.82) is 0 Å². The summed E-state index contributed by atoms with van der Waals surface area (Å²) < 4.78 is 1.95. The molecule has 2 N–H and O–H groups in total. The molecule has 1 aliphatic rings. The summed E-state index contributed by atoms with van der Waals surface area (Å²) in [4.78, 5) is 15.0. The van der Waals surface area contributed by atoms with Gasteiger partial charge in [-0.05, 0) is 66.8 Å². The van der Waals surface area contributed by atoms with Gasteiger partial charge < -0.3 is 10.6 Å². The molecule has 2 heterocycles. The maximum atomic E-state index is 12.5. The zero-order valence-electron chi connectivity index (χ0n) is 17.6. The van der Waals surface area contributed by atoms with E-state index in [2.05, 4.69) is 55.3 Å². The summed E-state index contributed by atoms with van der Waals surface area (Å²) in [6.07, 6.45) is 3.81. The van der Waals surface area contributed by atoms with Crippen molar-refractivity contribution in [2.45, 2.75) is 79.3 Å². The van der Waals surface area contributed by atoms with Gasteiger partial charge in [0.05, 0.1) is 17.1 Å². The number of nitrogens with one attached hydrogen (secondary N) is 2. The van der Waals surface area contributed by atoms with Crippen LogP contribution in [0.3, 0.4) is 0 Å². The molecule has 1 aromatic rings. The number of carbonyl (C=O) groups excluding carboxylic acids is 1. The number of piperidine rings is 1. The highest BCUT2D eigenvalue weighted by Crippen LogP contribution is 2.26. The number of hydrogen-bond acceptors (Lipinski definition) is 3. The fraction of sp³-hybridized carbons (Fsp3) is 0.800. The van der Waals surface area contributed by atoms with Crippen molar-refractivity contribution in [2.24, 2.45) is 5.92 Å². The third-order valence-corrected chi connectivity index (χ3v) is 5.69. The predicted molar refractivity (Wildman–Crippen MR) is 108 cm³/mol. The highest BCUT2D eigenvalue weighted by atomic mass is 16.2. The van der Waals surface area contributed by atoms with Gasteiger partial charge >= 0.3 is 6.03 Å². The first-order chi connectivity index (χ1) is 12.2. The van der Waals surface area contributed by atoms with Crippen LogP contribution >= 0.6 is 0 Å². The van der Waals surface area contributed by atoms with E-state index in [1.165, 1.54) is 19.3 Å². The zero-order chi connectivity index (χ0) is 19.5. The van der Waals surface area contributed by atoms with Crippen LogP contribution in [0, 0.1) is 19.8 Å². The topological polar surface area (TPSA) is 62.2 Å². The largest absolute Gasteiger partial charge is 0.336 e. The Morgan fingerprint density at radius 2 is 2.04 bits per heavy atom. The molecule has 2 rings (SSSR count). The Hall–Kier alpha value is -1.56. The molecule has 0 aliphatic carbocycles. The van der Waals surface area contributed by atoms with Crippen molar-refractivity contribution in [3.63, 3.8) is 0 Å². The lowest BCUT2D eigenvalue weighted by Gasteiger charge is -2.43. The monoisotopic (exact) mass is 363 g/mol. The molecule has 1 saturated heterocycles. The molecule has 1 fully saturated rings. The Balaban J connectivity index is 1.94. The Morgan fingerprint density at radius 3 is 2.62 bits per heavy atom. The van der Waals surface area contributed by atoms with Gasteiger partial charge in [-0.15, -0.1) is 0 Å². The minimum absolute atomic E-state index is 0.0443. The van der Waals surface area contributed by atoms with Gasteiger partial charge in [-0.3, -0.25) is 9.58 Å². The van der Waals surface area contributed by atoms with E-state index < -0.39 is 0 Å². The molecule has 2 amide bonds. The Kier molecular flexibility index (Phi) is 6.72. The fourth-order valence-electron chi connectivity index (χ4n) is 3.86. The van der Waals surface area contributed by atoms with Crippen LogP contribution in [-0.2, 0) is 0 Å². The summed E-state index contributed by atoms with van der Waals surface area (Å²) >= 11 is 0. The van der Waals surface area contributed by atoms with Gasteiger partial charge in [-0.1, -0.05) is 13.3 Å². The Bertz CT molecular complexity index is 620. The average molecular weight is 364 g/mol. The van der Waals surface area contributed by atoms with Crippen LogP contribution in [0.4, 0.5) is 10.5 Å². The SMILES string of the molecule is CC[C@@H]1CCCN(C(C)(C)CNC(=O)Nc2c(C)nn(C(C)C)c2C)C1. The number of aryl methyl sites for hydroxylation is 1. The lowest BCUT2D eigenvalue weighted by atomic mass is 9.91. The molecule has 1 aromatic heterocycles. The van der Waals surface area contributed by atoms with Crippen LogP contribution in [0.2, 0.25) is 0 Å². The van der Waals surface area contributed by atoms with Crippen LogP contribution < -0.4 is 10.6 Å². The normalized spacial score (nSPS) is 19.0. The Morgan fingerprint density at radius 1 is 1.35 bits per heavy atom. The van der Waals surface area contributed by atoms with Gasteiger partial charge in [0.2, 0.25) is 0 Å². The van der Waals surface area contributed by atoms with Crippen LogP contribution in [0.25, 0.3) is 0 Å². The molecule has 6 heteroatoms. The zero-order valence-corrected chi connectivity index (χ0v) is 17.6. The lowest BCUT2D eigenvalue weighted by Crippen LogP contribution is -2.55. The lowest BCUT2D eigenvalue weighted by molar-refractivity contribution is 0.0669. The molecule has 148 valence electrons. The van der Waals surface area contributed by atoms with Crippen molar-refractivity contribution >= 4 is 11.7 Å². The van der Waals surface area contributed by atoms with E-state index in [4.69, 9.17) is 0 Å². The van der Waals surface area contributed by atoms with Gasteiger partial charge in [0.25, 0.3) is 0 Å². The minimum Gasteiger partial charge on any atom is -0.336 e. The minimum atomic E-state index is -0.156. The van der Waals surface area contributed by atoms with Gasteiger partial charge in [-0.25, -0.2) is 4.79 Å². The molecule has 0 aromatic carbocycles. The Labute approximate surface area is 158 Å². The van der Waals surface area contributed by atoms with Gasteiger partial charge in [0.1, 0.15) is 0 Å². The van der Waals surface area contributed by atoms with Crippen molar-refractivity contribution in [1.82, 2.24) is 20.0 Å². The molecule has 0 unspecified atom stereocenters. The van der Waals surface area contributed by atoms with Crippen molar-refractivity contribution < 1.29 is 4.79 Å². The molecular weight excluding hydrogens is 326 g/mol. The predicted octanol–water partition coefficient (Wildman–Crippen LogP) is 4.10. The molecule has 1 atom stereocenters. The van der Waals surface area contributed by atoms with Crippen LogP contribution in [0.1, 0.15) is 71.3 Å². The number of amides is 2. The van der Waals surface area contributed by atoms with E-state index in [0.29, 0.717) is 6.54 Å². The molecule has 0 spiro atoms. The standard InChI is InChI=1S/C20H37N5O/c1-8-17-10-9-11-24(12-17)20(6,7)13-21-19(26)22-18-15(4)23-25(14(2)3)16(18)5/h14,17H,8-13H2,1-7H3,(H2,21,22,26)/t17-/m1/s1. The summed E-state index contributed by atoms with van der Waals surface area (Å²) in [5.74, 6) is 0.782. The first-order valence-electron chi connectivity index (χ1n) is 10.0. The second kappa shape index (κ2) is 8.42. The third kappa shape index (κ3) is 4.78. The number of carbonyl (C=O) groups is 1. The maximum absolute atomic E-state index is 12.5. The maximum Gasteiger partial charge on any atom is 0.319 e. The quantitative estimate of drug-likeness (QED) is 0.800. The van der Waals surface area contributed by atoms with Crippen molar-refractivity contribution in [2.75, 3.05) is 25.0 Å². The first-order valence-corrected chi connectivity index (χ1v) is 10.0. The second-order valence-corrected chi connectivity index (χ2v) is 8.57. The highest BCUT2D eigenvalue weighted by Gasteiger charge is 2.31. The highest BCUT2D eigenvalue weighted by molar-refractivity contribution is 5.90. The number of aromatic nitrogens is 2. The van der Waals surface area contributed by atoms with E-state index in [9.17, 15) is 4.79 Å². The average Bonchev–Trinajstić information content (AvgIpc) is 2.88. The van der Waals surface area contributed by atoms with Crippen LogP contribution in [0.5, 0.6) is 0 Å². The van der Waals surface area contributed by atoms with E-state index in [-0.39, 0.29) is 17.6 Å².